The maximum absolute atomic E-state index is 11.4. The molecular weight excluding hydrogens is 897 g/mol. The first-order chi connectivity index (χ1) is 34.8. The molecule has 16 heteroatoms. The summed E-state index contributed by atoms with van der Waals surface area (Å²) in [6, 6.07) is 35.7. The van der Waals surface area contributed by atoms with Crippen LogP contribution in [0.1, 0.15) is 52.2 Å². The summed E-state index contributed by atoms with van der Waals surface area (Å²) in [5.74, 6) is 7.41. The van der Waals surface area contributed by atoms with Crippen LogP contribution in [-0.2, 0) is 0 Å². The molecule has 5 aromatic carbocycles. The second-order valence-electron chi connectivity index (χ2n) is 17.8. The van der Waals surface area contributed by atoms with Gasteiger partial charge in [0, 0.05) is 61.8 Å². The van der Waals surface area contributed by atoms with Gasteiger partial charge in [-0.1, -0.05) is 0 Å². The first kappa shape index (κ1) is 43.6. The van der Waals surface area contributed by atoms with Crippen LogP contribution in [0.2, 0.25) is 0 Å². The molecule has 7 aromatic heterocycles. The summed E-state index contributed by atoms with van der Waals surface area (Å²) in [7, 11) is 0. The smallest absolute Gasteiger partial charge is 0.163 e. The number of rotatable bonds is 7. The lowest BCUT2D eigenvalue weighted by Crippen LogP contribution is -2.04. The Morgan fingerprint density at radius 3 is 0.944 bits per heavy atom. The van der Waals surface area contributed by atoms with Gasteiger partial charge in [-0.05, 0) is 158 Å². The zero-order valence-corrected chi connectivity index (χ0v) is 40.5. The fourth-order valence-corrected chi connectivity index (χ4v) is 9.90. The number of pyridine rings is 1. The van der Waals surface area contributed by atoms with Crippen molar-refractivity contribution in [3.05, 3.63) is 162 Å². The van der Waals surface area contributed by atoms with Crippen LogP contribution < -0.4 is 0 Å². The van der Waals surface area contributed by atoms with Crippen molar-refractivity contribution in [2.75, 3.05) is 0 Å². The van der Waals surface area contributed by atoms with Crippen molar-refractivity contribution in [1.82, 2.24) is 73.9 Å². The lowest BCUT2D eigenvalue weighted by atomic mass is 10.00. The molecule has 0 unspecified atom stereocenters. The number of hydrogen-bond donors (Lipinski definition) is 0. The van der Waals surface area contributed by atoms with E-state index >= 15 is 0 Å². The van der Waals surface area contributed by atoms with Gasteiger partial charge in [0.25, 0.3) is 0 Å². The maximum atomic E-state index is 11.4. The summed E-state index contributed by atoms with van der Waals surface area (Å²) in [4.78, 5) is 60.0. The molecular formula is C56H42N16. The predicted octanol–water partition coefficient (Wildman–Crippen LogP) is 10.7. The molecule has 0 aliphatic carbocycles. The Kier molecular flexibility index (Phi) is 10.2. The van der Waals surface area contributed by atoms with E-state index in [4.69, 9.17) is 39.9 Å². The van der Waals surface area contributed by atoms with Crippen molar-refractivity contribution >= 4 is 43.6 Å². The van der Waals surface area contributed by atoms with E-state index in [1.807, 2.05) is 97.9 Å². The lowest BCUT2D eigenvalue weighted by Gasteiger charge is -2.19. The van der Waals surface area contributed by atoms with E-state index in [2.05, 4.69) is 94.7 Å². The highest BCUT2D eigenvalue weighted by molar-refractivity contribution is 6.13. The second kappa shape index (κ2) is 16.8. The summed E-state index contributed by atoms with van der Waals surface area (Å²) < 4.78 is 4.40. The molecule has 0 saturated heterocycles. The van der Waals surface area contributed by atoms with E-state index in [9.17, 15) is 5.26 Å². The number of fused-ring (bicyclic) bond motifs is 6. The summed E-state index contributed by atoms with van der Waals surface area (Å²) in [6.07, 6.45) is 3.58. The molecule has 0 fully saturated rings. The third kappa shape index (κ3) is 7.51. The molecule has 16 nitrogen and oxygen atoms in total. The molecule has 0 radical (unpaired) electrons. The Bertz CT molecular complexity index is 3980. The average molecular weight is 939 g/mol. The molecule has 346 valence electrons. The average Bonchev–Trinajstić information content (AvgIpc) is 3.86. The lowest BCUT2D eigenvalue weighted by molar-refractivity contribution is 0.928. The van der Waals surface area contributed by atoms with Gasteiger partial charge in [-0.2, -0.15) is 5.26 Å². The summed E-state index contributed by atoms with van der Waals surface area (Å²) in [5.41, 5.74) is 10.7. The van der Waals surface area contributed by atoms with Crippen molar-refractivity contribution in [2.45, 2.75) is 55.4 Å². The SMILES string of the molecule is Cc1nc(C)nc(-c2ccc3c(c2)c2cc(-c4nc(C)nc(C)n4)ccc2n3-c2cc(-c3ccncc3)c(-n3c4ccc(-c5nc(C)nc(C)n5)cc4c4cc(-c5nc(C)nc(C)n5)ccc43)cc2C#N)n1. The number of aromatic nitrogens is 15. The zero-order chi connectivity index (χ0) is 49.5. The van der Waals surface area contributed by atoms with Crippen LogP contribution in [0.3, 0.4) is 0 Å². The molecule has 7 heterocycles. The predicted molar refractivity (Wildman–Crippen MR) is 276 cm³/mol. The van der Waals surface area contributed by atoms with Crippen LogP contribution in [-0.4, -0.2) is 73.9 Å². The normalized spacial score (nSPS) is 11.6. The van der Waals surface area contributed by atoms with Crippen LogP contribution in [0.4, 0.5) is 0 Å². The maximum Gasteiger partial charge on any atom is 0.163 e. The quantitative estimate of drug-likeness (QED) is 0.146. The molecule has 0 saturated carbocycles. The summed E-state index contributed by atoms with van der Waals surface area (Å²) in [5, 5.41) is 15.2. The number of hydrogen-bond acceptors (Lipinski definition) is 14. The fourth-order valence-electron chi connectivity index (χ4n) is 9.90. The van der Waals surface area contributed by atoms with Gasteiger partial charge < -0.3 is 9.13 Å². The van der Waals surface area contributed by atoms with Gasteiger partial charge in [-0.25, -0.2) is 59.8 Å². The Morgan fingerprint density at radius 2 is 0.639 bits per heavy atom. The number of nitriles is 1. The molecule has 0 atom stereocenters. The van der Waals surface area contributed by atoms with Crippen molar-refractivity contribution in [3.63, 3.8) is 0 Å². The molecule has 0 aliphatic heterocycles. The van der Waals surface area contributed by atoms with Crippen LogP contribution in [0.5, 0.6) is 0 Å². The summed E-state index contributed by atoms with van der Waals surface area (Å²) >= 11 is 0. The minimum Gasteiger partial charge on any atom is -0.309 e. The van der Waals surface area contributed by atoms with Crippen molar-refractivity contribution in [2.24, 2.45) is 0 Å². The van der Waals surface area contributed by atoms with Crippen molar-refractivity contribution in [1.29, 1.82) is 5.26 Å². The number of aryl methyl sites for hydroxylation is 8. The molecule has 0 N–H and O–H groups in total. The van der Waals surface area contributed by atoms with Gasteiger partial charge >= 0.3 is 0 Å². The second-order valence-corrected chi connectivity index (χ2v) is 17.8. The number of benzene rings is 5. The van der Waals surface area contributed by atoms with Crippen LogP contribution in [0.15, 0.2) is 109 Å². The third-order valence-electron chi connectivity index (χ3n) is 12.7. The molecule has 0 bridgehead atoms. The van der Waals surface area contributed by atoms with E-state index in [1.54, 1.807) is 12.4 Å². The van der Waals surface area contributed by atoms with Crippen LogP contribution in [0.25, 0.3) is 112 Å². The van der Waals surface area contributed by atoms with Crippen LogP contribution >= 0.6 is 0 Å². The topological polar surface area (TPSA) is 201 Å². The highest BCUT2D eigenvalue weighted by atomic mass is 15.1. The van der Waals surface area contributed by atoms with Crippen molar-refractivity contribution < 1.29 is 0 Å². The summed E-state index contributed by atoms with van der Waals surface area (Å²) in [6.45, 7) is 15.0. The minimum absolute atomic E-state index is 0.456. The van der Waals surface area contributed by atoms with Gasteiger partial charge in [0.05, 0.1) is 39.0 Å². The standard InChI is InChI=1S/C56H42N16/c1-28-59-29(2)64-53(63-28)37-9-13-47-43(21-37)44-22-38(54-65-30(3)60-31(4)66-54)10-14-48(44)71(47)51-26-42(36-17-19-58-20-18-36)52(25-41(51)27-57)72-49-15-11-39(55-67-32(5)61-33(6)68-55)23-45(49)46-24-40(12-16-50(46)72)56-69-34(7)62-35(8)70-56/h9-26H,1-8H3. The Hall–Kier alpha value is -9.62. The van der Waals surface area contributed by atoms with E-state index in [1.165, 1.54) is 0 Å². The van der Waals surface area contributed by atoms with Crippen LogP contribution in [0, 0.1) is 66.7 Å². The van der Waals surface area contributed by atoms with E-state index in [0.717, 1.165) is 82.7 Å². The van der Waals surface area contributed by atoms with E-state index in [-0.39, 0.29) is 0 Å². The highest BCUT2D eigenvalue weighted by Crippen LogP contribution is 2.43. The van der Waals surface area contributed by atoms with Gasteiger partial charge in [-0.3, -0.25) is 4.98 Å². The third-order valence-corrected chi connectivity index (χ3v) is 12.7. The molecule has 0 spiro atoms. The molecule has 0 amide bonds. The zero-order valence-electron chi connectivity index (χ0n) is 40.5. The van der Waals surface area contributed by atoms with E-state index in [0.29, 0.717) is 81.1 Å². The van der Waals surface area contributed by atoms with E-state index < -0.39 is 0 Å². The van der Waals surface area contributed by atoms with Gasteiger partial charge in [-0.15, -0.1) is 0 Å². The largest absolute Gasteiger partial charge is 0.309 e. The minimum atomic E-state index is 0.456. The van der Waals surface area contributed by atoms with Gasteiger partial charge in [0.1, 0.15) is 52.7 Å². The van der Waals surface area contributed by atoms with Gasteiger partial charge in [0.2, 0.25) is 0 Å². The Balaban J connectivity index is 1.14. The Morgan fingerprint density at radius 1 is 0.333 bits per heavy atom. The van der Waals surface area contributed by atoms with Gasteiger partial charge in [0.15, 0.2) is 23.3 Å². The molecule has 72 heavy (non-hydrogen) atoms. The fraction of sp³-hybridized carbons (Fsp3) is 0.143. The highest BCUT2D eigenvalue weighted by Gasteiger charge is 2.24. The molecule has 0 aliphatic rings. The van der Waals surface area contributed by atoms with Crippen molar-refractivity contribution in [3.8, 4) is 74.1 Å². The first-order valence-corrected chi connectivity index (χ1v) is 23.3. The Labute approximate surface area is 412 Å². The molecule has 12 rings (SSSR count). The molecule has 12 aromatic rings. The monoisotopic (exact) mass is 938 g/mol. The number of nitrogens with zero attached hydrogens (tertiary/aromatic N) is 16. The first-order valence-electron chi connectivity index (χ1n) is 23.3.